The number of fused-ring (bicyclic) bond motifs is 6. The van der Waals surface area contributed by atoms with Crippen LogP contribution in [0.1, 0.15) is 48.6 Å². The molecule has 11 aromatic rings. The Labute approximate surface area is 434 Å². The Morgan fingerprint density at radius 2 is 1.21 bits per heavy atom. The molecule has 0 fully saturated rings. The van der Waals surface area contributed by atoms with Crippen molar-refractivity contribution in [3.63, 3.8) is 0 Å². The van der Waals surface area contributed by atoms with Crippen molar-refractivity contribution in [3.05, 3.63) is 259 Å². The van der Waals surface area contributed by atoms with E-state index >= 15 is 0 Å². The molecule has 13 rings (SSSR count). The number of aromatic nitrogens is 2. The van der Waals surface area contributed by atoms with Gasteiger partial charge in [-0.25, -0.2) is 4.98 Å². The van der Waals surface area contributed by atoms with Crippen molar-refractivity contribution in [2.45, 2.75) is 31.6 Å². The monoisotopic (exact) mass is 1110 g/mol. The molecule has 0 amide bonds. The van der Waals surface area contributed by atoms with Crippen LogP contribution >= 0.6 is 0 Å². The molecule has 1 N–H and O–H groups in total. The first-order chi connectivity index (χ1) is 34.8. The van der Waals surface area contributed by atoms with Gasteiger partial charge < -0.3 is 24.3 Å². The maximum atomic E-state index is 7.01. The molecule has 352 valence electrons. The zero-order valence-electron chi connectivity index (χ0n) is 39.9. The van der Waals surface area contributed by atoms with Crippen molar-refractivity contribution in [2.24, 2.45) is 0 Å². The number of pyridine rings is 1. The van der Waals surface area contributed by atoms with E-state index in [0.29, 0.717) is 11.5 Å². The Balaban J connectivity index is 0.00000530. The van der Waals surface area contributed by atoms with E-state index in [0.717, 1.165) is 95.4 Å². The Morgan fingerprint density at radius 1 is 0.597 bits per heavy atom. The molecule has 2 aromatic heterocycles. The Hall–Kier alpha value is -8.18. The summed E-state index contributed by atoms with van der Waals surface area (Å²) in [6, 6.07) is 79.0. The third kappa shape index (κ3) is 7.15. The minimum atomic E-state index is -0.697. The van der Waals surface area contributed by atoms with Crippen LogP contribution in [0.3, 0.4) is 0 Å². The van der Waals surface area contributed by atoms with Crippen molar-refractivity contribution in [2.75, 3.05) is 10.2 Å². The zero-order valence-corrected chi connectivity index (χ0v) is 42.2. The molecule has 0 saturated carbocycles. The van der Waals surface area contributed by atoms with E-state index in [9.17, 15) is 0 Å². The van der Waals surface area contributed by atoms with E-state index in [2.05, 4.69) is 194 Å². The van der Waals surface area contributed by atoms with Crippen LogP contribution in [0.25, 0.3) is 49.9 Å². The van der Waals surface area contributed by atoms with E-state index in [1.807, 2.05) is 65.7 Å². The Bertz CT molecular complexity index is 3770. The van der Waals surface area contributed by atoms with Crippen molar-refractivity contribution in [1.82, 2.24) is 9.55 Å². The first-order valence-electron chi connectivity index (χ1n) is 24.0. The number of nitrogens with one attached hydrogen (secondary N) is 1. The fraction of sp³-hybridized carbons (Fsp3) is 0.0769. The van der Waals surface area contributed by atoms with Gasteiger partial charge in [-0.2, -0.15) is 6.07 Å². The van der Waals surface area contributed by atoms with Gasteiger partial charge in [-0.1, -0.05) is 177 Å². The summed E-state index contributed by atoms with van der Waals surface area (Å²) in [6.45, 7) is 6.71. The summed E-state index contributed by atoms with van der Waals surface area (Å²) in [5.41, 5.74) is 14.7. The minimum absolute atomic E-state index is 0. The average molecular weight is 1110 g/mol. The first kappa shape index (κ1) is 45.0. The van der Waals surface area contributed by atoms with Gasteiger partial charge in [-0.05, 0) is 75.5 Å². The predicted octanol–water partition coefficient (Wildman–Crippen LogP) is 16.7. The molecule has 72 heavy (non-hydrogen) atoms. The van der Waals surface area contributed by atoms with Crippen LogP contribution in [-0.2, 0) is 31.9 Å². The van der Waals surface area contributed by atoms with Gasteiger partial charge in [0.25, 0.3) is 0 Å². The van der Waals surface area contributed by atoms with Crippen LogP contribution in [-0.4, -0.2) is 9.55 Å². The molecule has 9 aromatic carbocycles. The van der Waals surface area contributed by atoms with Crippen LogP contribution in [0, 0.1) is 19.2 Å². The maximum Gasteiger partial charge on any atom is 0.135 e. The SMILES string of the molecule is [CH2-]N(c1ccccc1Nc1[c-]c(Oc2[c-]c3c4c(c2)C2(c5ccccc5Oc5ccccc52)c2cccc(c24)n3-c2cc(C(C)(C)C)ccn2)ccc1)c1c(-c2ccccc2)cccc1-c1ccccc1.[Pt]. The standard InChI is InChI=1S/C65H47N4O2.Pt/c1-64(2,3)44-36-37-66-60(38-44)69-56-33-19-30-52-61(56)62-53(65(52)50-28-11-15-34-58(50)71-59-35-16-12-29-51(59)65)40-47(41-57(62)69)70-46-25-17-24-45(39-46)67-54-31-13-14-32-55(54)68(4)63-48(42-20-7-5-8-21-42)26-18-27-49(63)43-22-9-6-10-23-43;/h5-38,40,67H,4H2,1-3H3;/q-3;. The topological polar surface area (TPSA) is 51.6 Å². The first-order valence-corrected chi connectivity index (χ1v) is 24.0. The molecule has 6 nitrogen and oxygen atoms in total. The minimum Gasteiger partial charge on any atom is -0.509 e. The Kier molecular flexibility index (Phi) is 11.0. The number of rotatable bonds is 9. The van der Waals surface area contributed by atoms with Crippen molar-refractivity contribution < 1.29 is 30.5 Å². The summed E-state index contributed by atoms with van der Waals surface area (Å²) >= 11 is 0. The van der Waals surface area contributed by atoms with Crippen LogP contribution in [0.5, 0.6) is 23.0 Å². The van der Waals surface area contributed by atoms with Gasteiger partial charge in [0, 0.05) is 77.9 Å². The fourth-order valence-corrected chi connectivity index (χ4v) is 11.0. The summed E-state index contributed by atoms with van der Waals surface area (Å²) in [4.78, 5) is 7.07. The molecule has 7 heteroatoms. The van der Waals surface area contributed by atoms with Gasteiger partial charge >= 0.3 is 0 Å². The number of ether oxygens (including phenoxy) is 2. The molecule has 0 radical (unpaired) electrons. The van der Waals surface area contributed by atoms with Crippen LogP contribution in [0.4, 0.5) is 22.7 Å². The smallest absolute Gasteiger partial charge is 0.135 e. The maximum absolute atomic E-state index is 7.01. The molecular formula is C65H47N4O2Pt-3. The second-order valence-corrected chi connectivity index (χ2v) is 19.3. The largest absolute Gasteiger partial charge is 0.509 e. The predicted molar refractivity (Wildman–Crippen MR) is 288 cm³/mol. The van der Waals surface area contributed by atoms with Gasteiger partial charge in [-0.15, -0.1) is 35.9 Å². The molecule has 1 aliphatic carbocycles. The number of anilines is 4. The molecule has 0 atom stereocenters. The summed E-state index contributed by atoms with van der Waals surface area (Å²) in [6.07, 6.45) is 1.92. The molecule has 0 unspecified atom stereocenters. The third-order valence-electron chi connectivity index (χ3n) is 14.2. The van der Waals surface area contributed by atoms with Gasteiger partial charge in [0.1, 0.15) is 17.3 Å². The van der Waals surface area contributed by atoms with Crippen LogP contribution in [0.15, 0.2) is 212 Å². The summed E-state index contributed by atoms with van der Waals surface area (Å²) in [7, 11) is 4.73. The third-order valence-corrected chi connectivity index (χ3v) is 14.2. The molecule has 1 spiro atoms. The van der Waals surface area contributed by atoms with Gasteiger partial charge in [-0.3, -0.25) is 7.05 Å². The van der Waals surface area contributed by atoms with Gasteiger partial charge in [0.15, 0.2) is 0 Å². The molecule has 3 heterocycles. The Morgan fingerprint density at radius 3 is 1.90 bits per heavy atom. The second-order valence-electron chi connectivity index (χ2n) is 19.3. The normalized spacial score (nSPS) is 12.8. The van der Waals surface area contributed by atoms with E-state index in [4.69, 9.17) is 21.5 Å². The number of hydrogen-bond donors (Lipinski definition) is 1. The molecule has 2 aliphatic rings. The summed E-state index contributed by atoms with van der Waals surface area (Å²) in [5.74, 6) is 3.59. The van der Waals surface area contributed by atoms with Gasteiger partial charge in [0.05, 0.1) is 11.1 Å². The number of nitrogens with zero attached hydrogens (tertiary/aromatic N) is 3. The quantitative estimate of drug-likeness (QED) is 0.146. The fourth-order valence-electron chi connectivity index (χ4n) is 11.0. The molecule has 1 aliphatic heterocycles. The zero-order chi connectivity index (χ0) is 47.8. The molecule has 0 bridgehead atoms. The van der Waals surface area contributed by atoms with E-state index in [-0.39, 0.29) is 26.5 Å². The van der Waals surface area contributed by atoms with Crippen molar-refractivity contribution >= 4 is 44.6 Å². The number of para-hydroxylation sites is 5. The molecule has 0 saturated heterocycles. The number of benzene rings is 9. The van der Waals surface area contributed by atoms with Gasteiger partial charge in [0.2, 0.25) is 0 Å². The number of hydrogen-bond acceptors (Lipinski definition) is 5. The summed E-state index contributed by atoms with van der Waals surface area (Å²) < 4.78 is 15.9. The van der Waals surface area contributed by atoms with E-state index in [1.54, 1.807) is 0 Å². The van der Waals surface area contributed by atoms with Crippen molar-refractivity contribution in [1.29, 1.82) is 0 Å². The van der Waals surface area contributed by atoms with E-state index in [1.165, 1.54) is 16.5 Å². The van der Waals surface area contributed by atoms with E-state index < -0.39 is 5.41 Å². The molecular weight excluding hydrogens is 1060 g/mol. The van der Waals surface area contributed by atoms with Crippen LogP contribution < -0.4 is 19.7 Å². The summed E-state index contributed by atoms with van der Waals surface area (Å²) in [5, 5.41) is 6.00. The average Bonchev–Trinajstić information content (AvgIpc) is 3.90. The van der Waals surface area contributed by atoms with Crippen molar-refractivity contribution in [3.8, 4) is 51.1 Å². The second kappa shape index (κ2) is 17.6. The van der Waals surface area contributed by atoms with Crippen LogP contribution in [0.2, 0.25) is 0 Å².